The summed E-state index contributed by atoms with van der Waals surface area (Å²) < 4.78 is 36.4. The third kappa shape index (κ3) is 5.52. The number of nitrogen functional groups attached to an aromatic ring is 1. The molecule has 0 radical (unpaired) electrons. The molecule has 0 spiro atoms. The molecule has 2 heterocycles. The highest BCUT2D eigenvalue weighted by atomic mass is 31.2. The minimum absolute atomic E-state index is 0.0243. The Kier molecular flexibility index (Phi) is 6.89. The first-order valence-electron chi connectivity index (χ1n) is 7.41. The van der Waals surface area contributed by atoms with Crippen LogP contribution in [-0.4, -0.2) is 79.6 Å². The number of aromatic nitrogens is 2. The van der Waals surface area contributed by atoms with Crippen molar-refractivity contribution in [1.82, 2.24) is 9.97 Å². The monoisotopic (exact) mass is 443 g/mol. The van der Waals surface area contributed by atoms with Crippen LogP contribution in [0, 0.1) is 0 Å². The molecular weight excluding hydrogens is 424 g/mol. The van der Waals surface area contributed by atoms with Gasteiger partial charge in [0.2, 0.25) is 0 Å². The SMILES string of the molecule is C=Nc1c(N)ncnc1N(C)C1OC(COP(=O)(O)O)C(OP(=O)(O)O)C1O. The van der Waals surface area contributed by atoms with E-state index in [0.717, 1.165) is 6.33 Å². The van der Waals surface area contributed by atoms with Gasteiger partial charge >= 0.3 is 15.6 Å². The van der Waals surface area contributed by atoms with E-state index in [1.54, 1.807) is 0 Å². The van der Waals surface area contributed by atoms with Crippen molar-refractivity contribution in [3.05, 3.63) is 6.33 Å². The average molecular weight is 443 g/mol. The van der Waals surface area contributed by atoms with Gasteiger partial charge in [0.15, 0.2) is 17.9 Å². The molecule has 1 aliphatic rings. The second kappa shape index (κ2) is 8.47. The summed E-state index contributed by atoms with van der Waals surface area (Å²) in [6.07, 6.45) is -5.02. The fourth-order valence-electron chi connectivity index (χ4n) is 2.55. The average Bonchev–Trinajstić information content (AvgIpc) is 2.86. The highest BCUT2D eigenvalue weighted by Gasteiger charge is 2.50. The Morgan fingerprint density at radius 2 is 1.96 bits per heavy atom. The molecule has 28 heavy (non-hydrogen) atoms. The summed E-state index contributed by atoms with van der Waals surface area (Å²) in [4.78, 5) is 48.4. The lowest BCUT2D eigenvalue weighted by molar-refractivity contribution is -0.0205. The van der Waals surface area contributed by atoms with Gasteiger partial charge in [-0.1, -0.05) is 0 Å². The summed E-state index contributed by atoms with van der Waals surface area (Å²) >= 11 is 0. The van der Waals surface area contributed by atoms with Crippen LogP contribution in [0.3, 0.4) is 0 Å². The van der Waals surface area contributed by atoms with Crippen molar-refractivity contribution in [3.8, 4) is 0 Å². The van der Waals surface area contributed by atoms with Crippen molar-refractivity contribution in [2.24, 2.45) is 4.99 Å². The second-order valence-electron chi connectivity index (χ2n) is 5.60. The Bertz CT molecular complexity index is 815. The van der Waals surface area contributed by atoms with E-state index >= 15 is 0 Å². The smallest absolute Gasteiger partial charge is 0.386 e. The summed E-state index contributed by atoms with van der Waals surface area (Å²) in [6.45, 7) is 2.52. The predicted octanol–water partition coefficient (Wildman–Crippen LogP) is -1.50. The summed E-state index contributed by atoms with van der Waals surface area (Å²) in [6, 6.07) is 0. The quantitative estimate of drug-likeness (QED) is 0.198. The first-order valence-corrected chi connectivity index (χ1v) is 10.5. The number of phosphoric acid groups is 2. The lowest BCUT2D eigenvalue weighted by Crippen LogP contribution is -2.43. The molecule has 0 saturated carbocycles. The summed E-state index contributed by atoms with van der Waals surface area (Å²) in [7, 11) is -8.62. The Morgan fingerprint density at radius 1 is 1.32 bits per heavy atom. The van der Waals surface area contributed by atoms with Crippen LogP contribution in [0.15, 0.2) is 11.3 Å². The van der Waals surface area contributed by atoms with Crippen LogP contribution in [0.4, 0.5) is 17.3 Å². The number of aliphatic imine (C=N–C) groups is 1. The molecule has 4 atom stereocenters. The van der Waals surface area contributed by atoms with Gasteiger partial charge in [-0.3, -0.25) is 14.0 Å². The maximum atomic E-state index is 11.2. The molecule has 1 saturated heterocycles. The lowest BCUT2D eigenvalue weighted by Gasteiger charge is -2.28. The molecular formula is C11H19N5O10P2. The van der Waals surface area contributed by atoms with Gasteiger partial charge in [-0.2, -0.15) is 0 Å². The topological polar surface area (TPSA) is 230 Å². The van der Waals surface area contributed by atoms with Crippen molar-refractivity contribution in [2.45, 2.75) is 24.5 Å². The zero-order valence-corrected chi connectivity index (χ0v) is 16.1. The Hall–Kier alpha value is -1.51. The first-order chi connectivity index (χ1) is 12.8. The zero-order valence-electron chi connectivity index (χ0n) is 14.3. The van der Waals surface area contributed by atoms with Crippen LogP contribution in [0.5, 0.6) is 0 Å². The van der Waals surface area contributed by atoms with Crippen LogP contribution in [0.25, 0.3) is 0 Å². The molecule has 0 bridgehead atoms. The third-order valence-electron chi connectivity index (χ3n) is 3.68. The number of hydrogen-bond donors (Lipinski definition) is 6. The Morgan fingerprint density at radius 3 is 2.50 bits per heavy atom. The molecule has 1 aromatic rings. The standard InChI is InChI=1S/C11H19N5O10P2/c1-13-6-9(12)14-4-15-10(6)16(2)11-7(17)8(26-28(21,22)23)5(25-11)3-24-27(18,19)20/h4-5,7-8,11,17H,1,3H2,2H3,(H2,12,14,15)(H2,18,19,20)(H2,21,22,23). The Labute approximate surface area is 158 Å². The lowest BCUT2D eigenvalue weighted by atomic mass is 10.1. The maximum Gasteiger partial charge on any atom is 0.470 e. The molecule has 1 aliphatic heterocycles. The molecule has 7 N–H and O–H groups in total. The number of anilines is 2. The number of nitrogens with zero attached hydrogens (tertiary/aromatic N) is 4. The van der Waals surface area contributed by atoms with Crippen LogP contribution >= 0.6 is 15.6 Å². The maximum absolute atomic E-state index is 11.2. The van der Waals surface area contributed by atoms with E-state index in [1.807, 2.05) is 0 Å². The van der Waals surface area contributed by atoms with Crippen LogP contribution < -0.4 is 10.6 Å². The normalized spacial score (nSPS) is 25.6. The van der Waals surface area contributed by atoms with Crippen molar-refractivity contribution in [3.63, 3.8) is 0 Å². The first kappa shape index (κ1) is 22.8. The van der Waals surface area contributed by atoms with E-state index < -0.39 is 46.8 Å². The van der Waals surface area contributed by atoms with Crippen molar-refractivity contribution in [1.29, 1.82) is 0 Å². The number of likely N-dealkylation sites (N-methyl/N-ethyl adjacent to an activating group) is 1. The molecule has 158 valence electrons. The van der Waals surface area contributed by atoms with E-state index in [1.165, 1.54) is 11.9 Å². The van der Waals surface area contributed by atoms with Gasteiger partial charge in [0.25, 0.3) is 0 Å². The van der Waals surface area contributed by atoms with E-state index in [-0.39, 0.29) is 17.3 Å². The van der Waals surface area contributed by atoms with E-state index in [2.05, 4.69) is 30.7 Å². The zero-order chi connectivity index (χ0) is 21.3. The van der Waals surface area contributed by atoms with E-state index in [4.69, 9.17) is 30.0 Å². The second-order valence-corrected chi connectivity index (χ2v) is 8.03. The molecule has 0 amide bonds. The fraction of sp³-hybridized carbons (Fsp3) is 0.545. The van der Waals surface area contributed by atoms with E-state index in [0.29, 0.717) is 0 Å². The summed E-state index contributed by atoms with van der Waals surface area (Å²) in [5.41, 5.74) is 5.75. The Balaban J connectivity index is 2.32. The molecule has 1 aromatic heterocycles. The highest BCUT2D eigenvalue weighted by molar-refractivity contribution is 7.46. The summed E-state index contributed by atoms with van der Waals surface area (Å²) in [5, 5.41) is 10.5. The van der Waals surface area contributed by atoms with Gasteiger partial charge in [-0.15, -0.1) is 0 Å². The van der Waals surface area contributed by atoms with Gasteiger partial charge in [-0.25, -0.2) is 19.1 Å². The van der Waals surface area contributed by atoms with Gasteiger partial charge in [0.05, 0.1) is 6.61 Å². The third-order valence-corrected chi connectivity index (χ3v) is 4.68. The summed E-state index contributed by atoms with van der Waals surface area (Å²) in [5.74, 6) is 0.0433. The predicted molar refractivity (Wildman–Crippen MR) is 93.6 cm³/mol. The molecule has 17 heteroatoms. The van der Waals surface area contributed by atoms with Gasteiger partial charge in [0, 0.05) is 7.05 Å². The largest absolute Gasteiger partial charge is 0.470 e. The molecule has 0 aliphatic carbocycles. The molecule has 1 fully saturated rings. The number of phosphoric ester groups is 2. The number of rotatable bonds is 8. The van der Waals surface area contributed by atoms with Crippen LogP contribution in [-0.2, 0) is 22.9 Å². The van der Waals surface area contributed by atoms with Crippen molar-refractivity contribution in [2.75, 3.05) is 24.3 Å². The molecule has 4 unspecified atom stereocenters. The van der Waals surface area contributed by atoms with Crippen LogP contribution in [0.2, 0.25) is 0 Å². The van der Waals surface area contributed by atoms with Gasteiger partial charge in [0.1, 0.15) is 30.3 Å². The van der Waals surface area contributed by atoms with Gasteiger partial charge in [-0.05, 0) is 6.72 Å². The number of ether oxygens (including phenoxy) is 1. The highest BCUT2D eigenvalue weighted by Crippen LogP contribution is 2.44. The minimum Gasteiger partial charge on any atom is -0.386 e. The number of aliphatic hydroxyl groups excluding tert-OH is 1. The molecule has 15 nitrogen and oxygen atoms in total. The minimum atomic E-state index is -5.09. The van der Waals surface area contributed by atoms with Crippen molar-refractivity contribution < 1.29 is 47.6 Å². The van der Waals surface area contributed by atoms with Crippen LogP contribution in [0.1, 0.15) is 0 Å². The van der Waals surface area contributed by atoms with E-state index in [9.17, 15) is 14.2 Å². The number of aliphatic hydroxyl groups is 1. The number of hydrogen-bond acceptors (Lipinski definition) is 11. The fourth-order valence-corrected chi connectivity index (χ4v) is 3.46. The van der Waals surface area contributed by atoms with Crippen molar-refractivity contribution >= 4 is 39.7 Å². The molecule has 0 aromatic carbocycles. The molecule has 2 rings (SSSR count). The number of nitrogens with two attached hydrogens (primary N) is 1. The van der Waals surface area contributed by atoms with Gasteiger partial charge < -0.3 is 40.1 Å².